The number of ether oxygens (including phenoxy) is 1. The Hall–Kier alpha value is -2.26. The molecule has 3 N–H and O–H groups in total. The topological polar surface area (TPSA) is 97.0 Å². The maximum absolute atomic E-state index is 13.1. The predicted octanol–water partition coefficient (Wildman–Crippen LogP) is 3.67. The quantitative estimate of drug-likeness (QED) is 0.664. The van der Waals surface area contributed by atoms with Gasteiger partial charge in [-0.15, -0.1) is 4.36 Å². The molecule has 172 valence electrons. The SMILES string of the molecule is COCCN(C)Cc1ccc([S@@](N)(=O)=NC(=O)Nc2c3c(cc4c2CCC4)CCC3)cc1. The molecular weight excluding hydrogens is 424 g/mol. The molecule has 2 aliphatic rings. The first-order chi connectivity index (χ1) is 15.4. The van der Waals surface area contributed by atoms with Crippen LogP contribution in [-0.2, 0) is 46.9 Å². The van der Waals surface area contributed by atoms with Crippen LogP contribution in [0.3, 0.4) is 0 Å². The van der Waals surface area contributed by atoms with Gasteiger partial charge in [0, 0.05) is 25.9 Å². The number of aryl methyl sites for hydroxylation is 2. The maximum atomic E-state index is 13.1. The standard InChI is InChI=1S/C24H32N4O3S/c1-28(13-14-31-2)16-17-9-11-20(12-10-17)32(25,30)27-24(29)26-23-21-7-3-5-18(21)15-19-6-4-8-22(19)23/h9-12,15H,3-8,13-14,16H2,1-2H3,(H3,25,26,27,29,30)/t32-/m0/s1. The number of nitrogens with two attached hydrogens (primary N) is 1. The Kier molecular flexibility index (Phi) is 6.95. The van der Waals surface area contributed by atoms with Crippen LogP contribution in [0.2, 0.25) is 0 Å². The molecule has 0 heterocycles. The Morgan fingerprint density at radius 2 is 1.75 bits per heavy atom. The number of benzene rings is 2. The summed E-state index contributed by atoms with van der Waals surface area (Å²) in [5.74, 6) is 0. The lowest BCUT2D eigenvalue weighted by Gasteiger charge is -2.16. The smallest absolute Gasteiger partial charge is 0.354 e. The number of nitrogens with zero attached hydrogens (tertiary/aromatic N) is 2. The molecule has 8 heteroatoms. The molecule has 0 saturated carbocycles. The Balaban J connectivity index is 1.50. The van der Waals surface area contributed by atoms with Crippen LogP contribution in [0, 0.1) is 0 Å². The molecule has 2 aliphatic carbocycles. The molecule has 0 fully saturated rings. The lowest BCUT2D eigenvalue weighted by Crippen LogP contribution is -2.22. The van der Waals surface area contributed by atoms with E-state index in [2.05, 4.69) is 20.6 Å². The first kappa shape index (κ1) is 22.9. The number of hydrogen-bond donors (Lipinski definition) is 2. The van der Waals surface area contributed by atoms with Crippen molar-refractivity contribution in [1.82, 2.24) is 4.90 Å². The molecule has 0 bridgehead atoms. The number of hydrogen-bond acceptors (Lipinski definition) is 4. The molecule has 4 rings (SSSR count). The third-order valence-corrected chi connectivity index (χ3v) is 7.70. The second-order valence-corrected chi connectivity index (χ2v) is 10.5. The number of amides is 2. The van der Waals surface area contributed by atoms with Crippen molar-refractivity contribution in [3.8, 4) is 0 Å². The zero-order chi connectivity index (χ0) is 22.7. The van der Waals surface area contributed by atoms with Gasteiger partial charge in [-0.25, -0.2) is 14.1 Å². The summed E-state index contributed by atoms with van der Waals surface area (Å²) in [5, 5.41) is 8.95. The van der Waals surface area contributed by atoms with E-state index in [-0.39, 0.29) is 0 Å². The number of urea groups is 1. The summed E-state index contributed by atoms with van der Waals surface area (Å²) in [6.07, 6.45) is 6.19. The van der Waals surface area contributed by atoms with Gasteiger partial charge in [-0.3, -0.25) is 4.90 Å². The van der Waals surface area contributed by atoms with Crippen molar-refractivity contribution < 1.29 is 13.7 Å². The van der Waals surface area contributed by atoms with Gasteiger partial charge in [0.05, 0.1) is 11.5 Å². The molecule has 0 saturated heterocycles. The summed E-state index contributed by atoms with van der Waals surface area (Å²) in [5.41, 5.74) is 6.99. The fourth-order valence-corrected chi connectivity index (χ4v) is 5.62. The van der Waals surface area contributed by atoms with Gasteiger partial charge in [0.15, 0.2) is 0 Å². The van der Waals surface area contributed by atoms with E-state index in [1.165, 1.54) is 22.3 Å². The largest absolute Gasteiger partial charge is 0.383 e. The minimum absolute atomic E-state index is 0.347. The van der Waals surface area contributed by atoms with Crippen molar-refractivity contribution in [3.63, 3.8) is 0 Å². The number of anilines is 1. The molecule has 7 nitrogen and oxygen atoms in total. The molecule has 32 heavy (non-hydrogen) atoms. The van der Waals surface area contributed by atoms with Gasteiger partial charge in [-0.1, -0.05) is 18.2 Å². The summed E-state index contributed by atoms with van der Waals surface area (Å²) < 4.78 is 22.0. The van der Waals surface area contributed by atoms with Crippen molar-refractivity contribution in [3.05, 3.63) is 58.1 Å². The van der Waals surface area contributed by atoms with Gasteiger partial charge in [-0.2, -0.15) is 0 Å². The molecule has 2 aromatic carbocycles. The maximum Gasteiger partial charge on any atom is 0.354 e. The van der Waals surface area contributed by atoms with E-state index in [0.29, 0.717) is 11.5 Å². The summed E-state index contributed by atoms with van der Waals surface area (Å²) in [6.45, 7) is 2.21. The zero-order valence-corrected chi connectivity index (χ0v) is 19.7. The van der Waals surface area contributed by atoms with Gasteiger partial charge in [0.25, 0.3) is 0 Å². The molecule has 1 atom stereocenters. The second-order valence-electron chi connectivity index (χ2n) is 8.70. The average molecular weight is 457 g/mol. The van der Waals surface area contributed by atoms with Crippen LogP contribution < -0.4 is 10.5 Å². The minimum Gasteiger partial charge on any atom is -0.383 e. The summed E-state index contributed by atoms with van der Waals surface area (Å²) in [7, 11) is 0.351. The van der Waals surface area contributed by atoms with Gasteiger partial charge >= 0.3 is 6.03 Å². The fourth-order valence-electron chi connectivity index (χ4n) is 4.70. The van der Waals surface area contributed by atoms with Crippen LogP contribution in [0.5, 0.6) is 0 Å². The number of carbonyl (C=O) groups is 1. The van der Waals surface area contributed by atoms with Gasteiger partial charge in [0.2, 0.25) is 0 Å². The fraction of sp³-hybridized carbons (Fsp3) is 0.458. The van der Waals surface area contributed by atoms with Crippen LogP contribution in [0.4, 0.5) is 10.5 Å². The predicted molar refractivity (Wildman–Crippen MR) is 127 cm³/mol. The van der Waals surface area contributed by atoms with Crippen molar-refractivity contribution in [1.29, 1.82) is 0 Å². The van der Waals surface area contributed by atoms with Crippen LogP contribution in [0.1, 0.15) is 40.7 Å². The molecule has 2 aromatic rings. The first-order valence-electron chi connectivity index (χ1n) is 11.2. The van der Waals surface area contributed by atoms with Crippen molar-refractivity contribution in [2.45, 2.75) is 50.0 Å². The van der Waals surface area contributed by atoms with E-state index in [9.17, 15) is 9.00 Å². The number of fused-ring (bicyclic) bond motifs is 2. The highest BCUT2D eigenvalue weighted by Crippen LogP contribution is 2.38. The van der Waals surface area contributed by atoms with Gasteiger partial charge in [0.1, 0.15) is 9.92 Å². The van der Waals surface area contributed by atoms with Crippen LogP contribution in [-0.4, -0.2) is 42.4 Å². The van der Waals surface area contributed by atoms with Gasteiger partial charge < -0.3 is 10.1 Å². The lowest BCUT2D eigenvalue weighted by molar-refractivity contribution is 0.158. The highest BCUT2D eigenvalue weighted by molar-refractivity contribution is 7.91. The second kappa shape index (κ2) is 9.70. The highest BCUT2D eigenvalue weighted by atomic mass is 32.2. The van der Waals surface area contributed by atoms with E-state index in [1.54, 1.807) is 19.2 Å². The van der Waals surface area contributed by atoms with E-state index in [1.807, 2.05) is 19.2 Å². The minimum atomic E-state index is -3.34. The Morgan fingerprint density at radius 3 is 2.34 bits per heavy atom. The van der Waals surface area contributed by atoms with E-state index >= 15 is 0 Å². The highest BCUT2D eigenvalue weighted by Gasteiger charge is 2.25. The average Bonchev–Trinajstić information content (AvgIpc) is 3.41. The third kappa shape index (κ3) is 5.04. The summed E-state index contributed by atoms with van der Waals surface area (Å²) >= 11 is 0. The number of rotatable bonds is 7. The van der Waals surface area contributed by atoms with E-state index in [4.69, 9.17) is 9.88 Å². The molecular formula is C24H32N4O3S. The summed E-state index contributed by atoms with van der Waals surface area (Å²) in [6, 6.07) is 8.78. The zero-order valence-electron chi connectivity index (χ0n) is 18.9. The van der Waals surface area contributed by atoms with Crippen LogP contribution >= 0.6 is 0 Å². The first-order valence-corrected chi connectivity index (χ1v) is 12.7. The van der Waals surface area contributed by atoms with Gasteiger partial charge in [-0.05, 0) is 85.5 Å². The Bertz CT molecular complexity index is 1090. The molecule has 0 aliphatic heterocycles. The normalized spacial score (nSPS) is 16.5. The Labute approximate surface area is 190 Å². The summed E-state index contributed by atoms with van der Waals surface area (Å²) in [4.78, 5) is 15.2. The number of carbonyl (C=O) groups excluding carboxylic acids is 1. The van der Waals surface area contributed by atoms with Crippen LogP contribution in [0.25, 0.3) is 0 Å². The number of likely N-dealkylation sites (N-methyl/N-ethyl adjacent to an activating group) is 1. The van der Waals surface area contributed by atoms with E-state index in [0.717, 1.165) is 62.9 Å². The number of methoxy groups -OCH3 is 1. The molecule has 0 unspecified atom stereocenters. The van der Waals surface area contributed by atoms with E-state index < -0.39 is 15.9 Å². The molecule has 0 aromatic heterocycles. The molecule has 2 amide bonds. The Morgan fingerprint density at radius 1 is 1.12 bits per heavy atom. The van der Waals surface area contributed by atoms with Crippen molar-refractivity contribution in [2.75, 3.05) is 32.6 Å². The van der Waals surface area contributed by atoms with Crippen molar-refractivity contribution >= 4 is 21.6 Å². The monoisotopic (exact) mass is 456 g/mol. The molecule has 0 radical (unpaired) electrons. The lowest BCUT2D eigenvalue weighted by atomic mass is 9.99. The number of nitrogens with one attached hydrogen (secondary N) is 1. The molecule has 0 spiro atoms. The van der Waals surface area contributed by atoms with Crippen molar-refractivity contribution in [2.24, 2.45) is 9.50 Å². The third-order valence-electron chi connectivity index (χ3n) is 6.31. The van der Waals surface area contributed by atoms with Crippen LogP contribution in [0.15, 0.2) is 39.6 Å².